The molecule has 1 aliphatic heterocycles. The van der Waals surface area contributed by atoms with Gasteiger partial charge in [-0.2, -0.15) is 0 Å². The molecule has 1 unspecified atom stereocenters. The minimum Gasteiger partial charge on any atom is -0.496 e. The molecule has 2 rings (SSSR count). The maximum absolute atomic E-state index is 5.56. The van der Waals surface area contributed by atoms with Gasteiger partial charge in [-0.3, -0.25) is 0 Å². The molecule has 0 radical (unpaired) electrons. The van der Waals surface area contributed by atoms with Crippen LogP contribution in [0.3, 0.4) is 0 Å². The molecule has 0 amide bonds. The first kappa shape index (κ1) is 10.2. The van der Waals surface area contributed by atoms with Crippen LogP contribution in [0.15, 0.2) is 27.8 Å². The number of hydrogen-bond acceptors (Lipinski definition) is 3. The van der Waals surface area contributed by atoms with Gasteiger partial charge < -0.3 is 10.1 Å². The van der Waals surface area contributed by atoms with Crippen molar-refractivity contribution in [3.63, 3.8) is 0 Å². The van der Waals surface area contributed by atoms with Crippen molar-refractivity contribution in [1.82, 2.24) is 5.32 Å². The molecule has 1 atom stereocenters. The summed E-state index contributed by atoms with van der Waals surface area (Å²) in [6, 6.07) is 2.35. The second-order valence-corrected chi connectivity index (χ2v) is 4.99. The highest BCUT2D eigenvalue weighted by Crippen LogP contribution is 2.32. The Labute approximate surface area is 96.1 Å². The Bertz CT molecular complexity index is 348. The lowest BCUT2D eigenvalue weighted by atomic mass is 10.2. The van der Waals surface area contributed by atoms with Crippen LogP contribution in [0.1, 0.15) is 17.3 Å². The maximum atomic E-state index is 5.56. The van der Waals surface area contributed by atoms with Crippen molar-refractivity contribution in [3.8, 4) is 0 Å². The molecule has 0 spiro atoms. The van der Waals surface area contributed by atoms with E-state index in [1.54, 1.807) is 11.3 Å². The standard InChI is InChI=1S/C10H12BrNOS/c1-12-10(8-3-2-4-13-8)9-5-7(11)6-14-9/h3,5-6,10,12H,2,4H2,1H3. The van der Waals surface area contributed by atoms with E-state index in [2.05, 4.69) is 38.8 Å². The lowest BCUT2D eigenvalue weighted by molar-refractivity contribution is 0.219. The van der Waals surface area contributed by atoms with Crippen molar-refractivity contribution in [2.45, 2.75) is 12.5 Å². The van der Waals surface area contributed by atoms with Gasteiger partial charge in [-0.1, -0.05) is 0 Å². The summed E-state index contributed by atoms with van der Waals surface area (Å²) in [6.45, 7) is 0.820. The first-order valence-electron chi connectivity index (χ1n) is 4.55. The second-order valence-electron chi connectivity index (χ2n) is 3.13. The zero-order valence-corrected chi connectivity index (χ0v) is 10.3. The van der Waals surface area contributed by atoms with Gasteiger partial charge in [0, 0.05) is 21.2 Å². The van der Waals surface area contributed by atoms with Gasteiger partial charge in [-0.25, -0.2) is 0 Å². The fourth-order valence-electron chi connectivity index (χ4n) is 1.54. The molecule has 0 fully saturated rings. The number of likely N-dealkylation sites (N-methyl/N-ethyl adjacent to an activating group) is 1. The summed E-state index contributed by atoms with van der Waals surface area (Å²) < 4.78 is 6.70. The summed E-state index contributed by atoms with van der Waals surface area (Å²) in [5.74, 6) is 1.06. The van der Waals surface area contributed by atoms with Gasteiger partial charge in [0.15, 0.2) is 0 Å². The summed E-state index contributed by atoms with van der Waals surface area (Å²) in [5.41, 5.74) is 0. The summed E-state index contributed by atoms with van der Waals surface area (Å²) >= 11 is 5.20. The second kappa shape index (κ2) is 4.47. The minimum absolute atomic E-state index is 0.216. The van der Waals surface area contributed by atoms with Crippen molar-refractivity contribution in [1.29, 1.82) is 0 Å². The van der Waals surface area contributed by atoms with Crippen molar-refractivity contribution < 1.29 is 4.74 Å². The molecule has 0 saturated carbocycles. The maximum Gasteiger partial charge on any atom is 0.114 e. The van der Waals surface area contributed by atoms with Crippen LogP contribution in [-0.2, 0) is 4.74 Å². The largest absolute Gasteiger partial charge is 0.496 e. The number of halogens is 1. The van der Waals surface area contributed by atoms with Crippen LogP contribution in [0.5, 0.6) is 0 Å². The molecule has 1 aromatic heterocycles. The smallest absolute Gasteiger partial charge is 0.114 e. The van der Waals surface area contributed by atoms with Crippen molar-refractivity contribution >= 4 is 27.3 Å². The first-order chi connectivity index (χ1) is 6.81. The Balaban J connectivity index is 2.20. The lowest BCUT2D eigenvalue weighted by Crippen LogP contribution is -2.17. The van der Waals surface area contributed by atoms with Gasteiger partial charge in [-0.05, 0) is 35.1 Å². The molecule has 0 saturated heterocycles. The topological polar surface area (TPSA) is 21.3 Å². The van der Waals surface area contributed by atoms with Crippen LogP contribution in [0.4, 0.5) is 0 Å². The monoisotopic (exact) mass is 273 g/mol. The van der Waals surface area contributed by atoms with Gasteiger partial charge in [0.1, 0.15) is 5.76 Å². The molecule has 1 aromatic rings. The number of rotatable bonds is 3. The average Bonchev–Trinajstić information content (AvgIpc) is 2.79. The zero-order valence-electron chi connectivity index (χ0n) is 7.92. The molecular formula is C10H12BrNOS. The Hall–Kier alpha value is -0.320. The van der Waals surface area contributed by atoms with E-state index in [-0.39, 0.29) is 6.04 Å². The summed E-state index contributed by atoms with van der Waals surface area (Å²) in [5, 5.41) is 5.36. The normalized spacial score (nSPS) is 17.7. The highest BCUT2D eigenvalue weighted by molar-refractivity contribution is 9.10. The number of nitrogens with one attached hydrogen (secondary N) is 1. The Morgan fingerprint density at radius 3 is 3.00 bits per heavy atom. The van der Waals surface area contributed by atoms with Crippen molar-refractivity contribution in [2.75, 3.05) is 13.7 Å². The molecule has 2 nitrogen and oxygen atoms in total. The van der Waals surface area contributed by atoms with E-state index in [4.69, 9.17) is 4.74 Å². The van der Waals surface area contributed by atoms with E-state index in [1.165, 1.54) is 4.88 Å². The Morgan fingerprint density at radius 1 is 1.64 bits per heavy atom. The van der Waals surface area contributed by atoms with E-state index in [9.17, 15) is 0 Å². The molecule has 1 aliphatic rings. The van der Waals surface area contributed by atoms with E-state index in [0.29, 0.717) is 0 Å². The summed E-state index contributed by atoms with van der Waals surface area (Å²) in [7, 11) is 1.96. The number of ether oxygens (including phenoxy) is 1. The third-order valence-electron chi connectivity index (χ3n) is 2.18. The van der Waals surface area contributed by atoms with E-state index >= 15 is 0 Å². The molecular weight excluding hydrogens is 262 g/mol. The highest BCUT2D eigenvalue weighted by atomic mass is 79.9. The molecule has 4 heteroatoms. The first-order valence-corrected chi connectivity index (χ1v) is 6.22. The third-order valence-corrected chi connectivity index (χ3v) is 3.94. The molecule has 76 valence electrons. The average molecular weight is 274 g/mol. The molecule has 0 aromatic carbocycles. The molecule has 2 heterocycles. The van der Waals surface area contributed by atoms with E-state index in [0.717, 1.165) is 23.3 Å². The van der Waals surface area contributed by atoms with Crippen LogP contribution in [-0.4, -0.2) is 13.7 Å². The third kappa shape index (κ3) is 2.02. The SMILES string of the molecule is CNC(C1=CCCO1)c1cc(Br)cs1. The molecule has 1 N–H and O–H groups in total. The van der Waals surface area contributed by atoms with Crippen LogP contribution < -0.4 is 5.32 Å². The zero-order chi connectivity index (χ0) is 9.97. The highest BCUT2D eigenvalue weighted by Gasteiger charge is 2.20. The van der Waals surface area contributed by atoms with Crippen LogP contribution in [0, 0.1) is 0 Å². The van der Waals surface area contributed by atoms with Crippen LogP contribution in [0.25, 0.3) is 0 Å². The minimum atomic E-state index is 0.216. The van der Waals surface area contributed by atoms with Gasteiger partial charge in [0.05, 0.1) is 12.6 Å². The fourth-order valence-corrected chi connectivity index (χ4v) is 3.10. The van der Waals surface area contributed by atoms with E-state index in [1.807, 2.05) is 7.05 Å². The van der Waals surface area contributed by atoms with E-state index < -0.39 is 0 Å². The predicted molar refractivity (Wildman–Crippen MR) is 62.5 cm³/mol. The number of thiophene rings is 1. The number of hydrogen-bond donors (Lipinski definition) is 1. The van der Waals surface area contributed by atoms with Crippen LogP contribution in [0.2, 0.25) is 0 Å². The lowest BCUT2D eigenvalue weighted by Gasteiger charge is -2.15. The quantitative estimate of drug-likeness (QED) is 0.914. The molecule has 14 heavy (non-hydrogen) atoms. The van der Waals surface area contributed by atoms with Gasteiger partial charge in [-0.15, -0.1) is 11.3 Å². The molecule has 0 bridgehead atoms. The fraction of sp³-hybridized carbons (Fsp3) is 0.400. The Morgan fingerprint density at radius 2 is 2.50 bits per heavy atom. The van der Waals surface area contributed by atoms with Crippen molar-refractivity contribution in [2.24, 2.45) is 0 Å². The summed E-state index contributed by atoms with van der Waals surface area (Å²) in [4.78, 5) is 1.28. The Kier molecular flexibility index (Phi) is 3.26. The van der Waals surface area contributed by atoms with Gasteiger partial charge in [0.25, 0.3) is 0 Å². The molecule has 0 aliphatic carbocycles. The van der Waals surface area contributed by atoms with Gasteiger partial charge in [0.2, 0.25) is 0 Å². The van der Waals surface area contributed by atoms with Crippen LogP contribution >= 0.6 is 27.3 Å². The summed E-state index contributed by atoms with van der Waals surface area (Å²) in [6.07, 6.45) is 3.19. The van der Waals surface area contributed by atoms with Gasteiger partial charge >= 0.3 is 0 Å². The van der Waals surface area contributed by atoms with Crippen molar-refractivity contribution in [3.05, 3.63) is 32.6 Å². The predicted octanol–water partition coefficient (Wildman–Crippen LogP) is 3.08.